The molecule has 0 atom stereocenters. The zero-order valence-corrected chi connectivity index (χ0v) is 13.4. The van der Waals surface area contributed by atoms with Gasteiger partial charge in [-0.05, 0) is 25.3 Å². The van der Waals surface area contributed by atoms with E-state index < -0.39 is 0 Å². The van der Waals surface area contributed by atoms with Gasteiger partial charge in [0.2, 0.25) is 5.95 Å². The average Bonchev–Trinajstić information content (AvgIpc) is 3.06. The van der Waals surface area contributed by atoms with E-state index in [2.05, 4.69) is 45.7 Å². The van der Waals surface area contributed by atoms with E-state index in [1.165, 1.54) is 24.0 Å². The number of aryl methyl sites for hydroxylation is 1. The Balaban J connectivity index is 1.55. The highest BCUT2D eigenvalue weighted by Crippen LogP contribution is 2.18. The first-order valence-electron chi connectivity index (χ1n) is 8.13. The third-order valence-electron chi connectivity index (χ3n) is 4.14. The fraction of sp³-hybridized carbons (Fsp3) is 0.389. The van der Waals surface area contributed by atoms with E-state index in [1.54, 1.807) is 12.4 Å². The Hall–Kier alpha value is -2.43. The summed E-state index contributed by atoms with van der Waals surface area (Å²) in [6, 6.07) is 8.59. The molecule has 2 N–H and O–H groups in total. The Morgan fingerprint density at radius 1 is 1.22 bits per heavy atom. The lowest BCUT2D eigenvalue weighted by Gasteiger charge is -2.11. The third kappa shape index (κ3) is 4.28. The van der Waals surface area contributed by atoms with Gasteiger partial charge < -0.3 is 10.6 Å². The van der Waals surface area contributed by atoms with E-state index in [0.717, 1.165) is 12.8 Å². The van der Waals surface area contributed by atoms with Crippen LogP contribution < -0.4 is 10.6 Å². The van der Waals surface area contributed by atoms with Crippen LogP contribution in [0.2, 0.25) is 0 Å². The van der Waals surface area contributed by atoms with Gasteiger partial charge in [0.25, 0.3) is 5.91 Å². The standard InChI is InChI=1S/C18H22N4O/c1-13-5-4-6-14(9-13)10-19-18-20-11-15(12-21-18)17(23)22-16-7-2-3-8-16/h4-6,9,11-12,16H,2-3,7-8,10H2,1H3,(H,22,23)(H,19,20,21). The van der Waals surface area contributed by atoms with Gasteiger partial charge in [-0.3, -0.25) is 4.79 Å². The summed E-state index contributed by atoms with van der Waals surface area (Å²) in [6.07, 6.45) is 7.70. The number of nitrogens with one attached hydrogen (secondary N) is 2. The van der Waals surface area contributed by atoms with Crippen LogP contribution in [0.25, 0.3) is 0 Å². The Kier molecular flexibility index (Phi) is 4.86. The van der Waals surface area contributed by atoms with E-state index in [0.29, 0.717) is 24.1 Å². The summed E-state index contributed by atoms with van der Waals surface area (Å²) < 4.78 is 0. The molecule has 1 aliphatic rings. The predicted molar refractivity (Wildman–Crippen MR) is 90.3 cm³/mol. The maximum atomic E-state index is 12.1. The first kappa shape index (κ1) is 15.5. The highest BCUT2D eigenvalue weighted by molar-refractivity contribution is 5.93. The lowest BCUT2D eigenvalue weighted by atomic mass is 10.1. The molecular weight excluding hydrogens is 288 g/mol. The van der Waals surface area contributed by atoms with Gasteiger partial charge >= 0.3 is 0 Å². The summed E-state index contributed by atoms with van der Waals surface area (Å²) in [4.78, 5) is 20.6. The first-order valence-corrected chi connectivity index (χ1v) is 8.13. The van der Waals surface area contributed by atoms with Crippen LogP contribution in [0.5, 0.6) is 0 Å². The molecule has 0 saturated heterocycles. The number of benzene rings is 1. The molecule has 0 unspecified atom stereocenters. The molecule has 3 rings (SSSR count). The molecule has 1 aromatic heterocycles. The number of amides is 1. The second-order valence-electron chi connectivity index (χ2n) is 6.09. The number of aromatic nitrogens is 2. The van der Waals surface area contributed by atoms with Gasteiger partial charge in [0.05, 0.1) is 5.56 Å². The maximum absolute atomic E-state index is 12.1. The van der Waals surface area contributed by atoms with Gasteiger partial charge in [0.15, 0.2) is 0 Å². The summed E-state index contributed by atoms with van der Waals surface area (Å²) in [5.74, 6) is 0.450. The van der Waals surface area contributed by atoms with Gasteiger partial charge in [0.1, 0.15) is 0 Å². The Morgan fingerprint density at radius 3 is 2.65 bits per heavy atom. The molecule has 23 heavy (non-hydrogen) atoms. The molecule has 0 bridgehead atoms. The molecule has 2 aromatic rings. The van der Waals surface area contributed by atoms with E-state index in [9.17, 15) is 4.79 Å². The molecule has 120 valence electrons. The largest absolute Gasteiger partial charge is 0.350 e. The molecule has 1 aromatic carbocycles. The van der Waals surface area contributed by atoms with Crippen LogP contribution in [-0.4, -0.2) is 21.9 Å². The lowest BCUT2D eigenvalue weighted by Crippen LogP contribution is -2.32. The van der Waals surface area contributed by atoms with Crippen molar-refractivity contribution in [2.24, 2.45) is 0 Å². The van der Waals surface area contributed by atoms with Crippen molar-refractivity contribution in [2.75, 3.05) is 5.32 Å². The van der Waals surface area contributed by atoms with Gasteiger partial charge in [-0.2, -0.15) is 0 Å². The predicted octanol–water partition coefficient (Wildman–Crippen LogP) is 3.07. The Morgan fingerprint density at radius 2 is 1.96 bits per heavy atom. The van der Waals surface area contributed by atoms with Crippen molar-refractivity contribution in [1.29, 1.82) is 0 Å². The summed E-state index contributed by atoms with van der Waals surface area (Å²) in [7, 11) is 0. The number of carbonyl (C=O) groups is 1. The number of hydrogen-bond donors (Lipinski definition) is 2. The lowest BCUT2D eigenvalue weighted by molar-refractivity contribution is 0.0937. The second kappa shape index (κ2) is 7.22. The fourth-order valence-electron chi connectivity index (χ4n) is 2.88. The van der Waals surface area contributed by atoms with Gasteiger partial charge in [-0.1, -0.05) is 42.7 Å². The zero-order chi connectivity index (χ0) is 16.1. The minimum Gasteiger partial charge on any atom is -0.350 e. The maximum Gasteiger partial charge on any atom is 0.254 e. The fourth-order valence-corrected chi connectivity index (χ4v) is 2.88. The van der Waals surface area contributed by atoms with Gasteiger partial charge in [-0.25, -0.2) is 9.97 Å². The van der Waals surface area contributed by atoms with Crippen molar-refractivity contribution in [3.05, 3.63) is 53.3 Å². The summed E-state index contributed by atoms with van der Waals surface area (Å²) in [6.45, 7) is 2.73. The van der Waals surface area contributed by atoms with Crippen molar-refractivity contribution in [2.45, 2.75) is 45.2 Å². The number of rotatable bonds is 5. The molecule has 1 fully saturated rings. The monoisotopic (exact) mass is 310 g/mol. The van der Waals surface area contributed by atoms with E-state index in [1.807, 2.05) is 6.07 Å². The molecule has 0 aliphatic heterocycles. The minimum atomic E-state index is -0.0814. The Labute approximate surface area is 136 Å². The van der Waals surface area contributed by atoms with Crippen molar-refractivity contribution >= 4 is 11.9 Å². The van der Waals surface area contributed by atoms with Crippen molar-refractivity contribution in [1.82, 2.24) is 15.3 Å². The molecule has 1 aliphatic carbocycles. The summed E-state index contributed by atoms with van der Waals surface area (Å²) >= 11 is 0. The van der Waals surface area contributed by atoms with E-state index in [-0.39, 0.29) is 5.91 Å². The van der Waals surface area contributed by atoms with Gasteiger partial charge in [-0.15, -0.1) is 0 Å². The topological polar surface area (TPSA) is 66.9 Å². The quantitative estimate of drug-likeness (QED) is 0.890. The minimum absolute atomic E-state index is 0.0814. The SMILES string of the molecule is Cc1cccc(CNc2ncc(C(=O)NC3CCCC3)cn2)c1. The van der Waals surface area contributed by atoms with Crippen LogP contribution in [0.3, 0.4) is 0 Å². The second-order valence-corrected chi connectivity index (χ2v) is 6.09. The molecule has 5 heteroatoms. The van der Waals surface area contributed by atoms with Crippen molar-refractivity contribution in [3.63, 3.8) is 0 Å². The van der Waals surface area contributed by atoms with Crippen LogP contribution in [-0.2, 0) is 6.54 Å². The highest BCUT2D eigenvalue weighted by atomic mass is 16.1. The summed E-state index contributed by atoms with van der Waals surface area (Å²) in [5, 5.41) is 6.21. The summed E-state index contributed by atoms with van der Waals surface area (Å²) in [5.41, 5.74) is 2.92. The molecule has 1 heterocycles. The highest BCUT2D eigenvalue weighted by Gasteiger charge is 2.18. The van der Waals surface area contributed by atoms with Crippen molar-refractivity contribution in [3.8, 4) is 0 Å². The molecular formula is C18H22N4O. The van der Waals surface area contributed by atoms with E-state index >= 15 is 0 Å². The molecule has 1 saturated carbocycles. The number of anilines is 1. The number of hydrogen-bond acceptors (Lipinski definition) is 4. The van der Waals surface area contributed by atoms with Crippen LogP contribution in [0.4, 0.5) is 5.95 Å². The number of nitrogens with zero attached hydrogens (tertiary/aromatic N) is 2. The van der Waals surface area contributed by atoms with Gasteiger partial charge in [0, 0.05) is 25.0 Å². The molecule has 0 radical (unpaired) electrons. The van der Waals surface area contributed by atoms with E-state index in [4.69, 9.17) is 0 Å². The average molecular weight is 310 g/mol. The molecule has 1 amide bonds. The van der Waals surface area contributed by atoms with Crippen LogP contribution in [0.15, 0.2) is 36.7 Å². The molecule has 5 nitrogen and oxygen atoms in total. The normalized spacial score (nSPS) is 14.7. The number of carbonyl (C=O) groups excluding carboxylic acids is 1. The Bertz CT molecular complexity index is 663. The van der Waals surface area contributed by atoms with Crippen molar-refractivity contribution < 1.29 is 4.79 Å². The molecule has 0 spiro atoms. The van der Waals surface area contributed by atoms with Crippen LogP contribution in [0.1, 0.15) is 47.2 Å². The zero-order valence-electron chi connectivity index (χ0n) is 13.4. The third-order valence-corrected chi connectivity index (χ3v) is 4.14. The van der Waals surface area contributed by atoms with Crippen LogP contribution >= 0.6 is 0 Å². The van der Waals surface area contributed by atoms with Crippen LogP contribution in [0, 0.1) is 6.92 Å². The smallest absolute Gasteiger partial charge is 0.254 e. The first-order chi connectivity index (χ1) is 11.2.